The molecule has 1 aliphatic rings. The highest BCUT2D eigenvalue weighted by molar-refractivity contribution is 6.30. The number of benzene rings is 1. The molecule has 0 spiro atoms. The van der Waals surface area contributed by atoms with Crippen LogP contribution in [0.4, 0.5) is 5.69 Å². The van der Waals surface area contributed by atoms with Gasteiger partial charge < -0.3 is 9.80 Å². The number of aryl methyl sites for hydroxylation is 1. The van der Waals surface area contributed by atoms with E-state index in [2.05, 4.69) is 0 Å². The molecule has 114 valence electrons. The van der Waals surface area contributed by atoms with Crippen molar-refractivity contribution in [2.24, 2.45) is 5.92 Å². The van der Waals surface area contributed by atoms with Gasteiger partial charge in [0.25, 0.3) is 0 Å². The number of carbonyl (C=O) groups is 2. The van der Waals surface area contributed by atoms with Crippen LogP contribution in [0.25, 0.3) is 0 Å². The smallest absolute Gasteiger partial charge is 0.249 e. The maximum absolute atomic E-state index is 12.6. The highest BCUT2D eigenvalue weighted by atomic mass is 35.5. The van der Waals surface area contributed by atoms with Crippen molar-refractivity contribution in [1.82, 2.24) is 4.90 Å². The molecule has 1 aromatic carbocycles. The maximum Gasteiger partial charge on any atom is 0.249 e. The standard InChI is InChI=1S/C16H21ClN2O2/c1-10(2)15(20)18-7-8-19(16(21)12(18)4)14-6-5-13(17)9-11(14)3/h5-6,9-10,12H,7-8H2,1-4H3. The molecular weight excluding hydrogens is 288 g/mol. The molecule has 2 amide bonds. The van der Waals surface area contributed by atoms with E-state index in [4.69, 9.17) is 11.6 Å². The average molecular weight is 309 g/mol. The summed E-state index contributed by atoms with van der Waals surface area (Å²) < 4.78 is 0. The van der Waals surface area contributed by atoms with Crippen molar-refractivity contribution in [2.75, 3.05) is 18.0 Å². The molecule has 0 aliphatic carbocycles. The van der Waals surface area contributed by atoms with Gasteiger partial charge in [-0.05, 0) is 37.6 Å². The summed E-state index contributed by atoms with van der Waals surface area (Å²) in [5, 5.41) is 0.658. The molecule has 21 heavy (non-hydrogen) atoms. The van der Waals surface area contributed by atoms with Crippen LogP contribution in [0.2, 0.25) is 5.02 Å². The first-order valence-electron chi connectivity index (χ1n) is 7.21. The van der Waals surface area contributed by atoms with Crippen molar-refractivity contribution in [1.29, 1.82) is 0 Å². The van der Waals surface area contributed by atoms with Gasteiger partial charge in [-0.2, -0.15) is 0 Å². The van der Waals surface area contributed by atoms with Gasteiger partial charge in [0.15, 0.2) is 0 Å². The number of anilines is 1. The summed E-state index contributed by atoms with van der Waals surface area (Å²) in [6.07, 6.45) is 0. The first kappa shape index (κ1) is 15.8. The lowest BCUT2D eigenvalue weighted by Gasteiger charge is -2.40. The van der Waals surface area contributed by atoms with Gasteiger partial charge in [-0.3, -0.25) is 9.59 Å². The summed E-state index contributed by atoms with van der Waals surface area (Å²) in [5.41, 5.74) is 1.83. The summed E-state index contributed by atoms with van der Waals surface area (Å²) in [6.45, 7) is 8.52. The van der Waals surface area contributed by atoms with Gasteiger partial charge in [-0.25, -0.2) is 0 Å². The monoisotopic (exact) mass is 308 g/mol. The quantitative estimate of drug-likeness (QED) is 0.843. The summed E-state index contributed by atoms with van der Waals surface area (Å²) in [4.78, 5) is 28.2. The van der Waals surface area contributed by atoms with E-state index in [1.54, 1.807) is 22.8 Å². The number of hydrogen-bond acceptors (Lipinski definition) is 2. The number of carbonyl (C=O) groups excluding carboxylic acids is 2. The predicted octanol–water partition coefficient (Wildman–Crippen LogP) is 2.87. The van der Waals surface area contributed by atoms with Crippen LogP contribution in [0, 0.1) is 12.8 Å². The van der Waals surface area contributed by atoms with Crippen LogP contribution in [0.1, 0.15) is 26.3 Å². The van der Waals surface area contributed by atoms with Crippen LogP contribution in [0.3, 0.4) is 0 Å². The fraction of sp³-hybridized carbons (Fsp3) is 0.500. The molecule has 4 nitrogen and oxygen atoms in total. The van der Waals surface area contributed by atoms with Gasteiger partial charge in [0.05, 0.1) is 0 Å². The highest BCUT2D eigenvalue weighted by Crippen LogP contribution is 2.27. The molecule has 1 saturated heterocycles. The SMILES string of the molecule is Cc1cc(Cl)ccc1N1CCN(C(=O)C(C)C)C(C)C1=O. The lowest BCUT2D eigenvalue weighted by molar-refractivity contribution is -0.143. The minimum Gasteiger partial charge on any atom is -0.329 e. The Morgan fingerprint density at radius 3 is 2.57 bits per heavy atom. The molecule has 1 aliphatic heterocycles. The summed E-state index contributed by atoms with van der Waals surface area (Å²) in [6, 6.07) is 5.07. The third-order valence-corrected chi connectivity index (χ3v) is 4.12. The summed E-state index contributed by atoms with van der Waals surface area (Å²) in [7, 11) is 0. The first-order chi connectivity index (χ1) is 9.82. The van der Waals surface area contributed by atoms with Crippen molar-refractivity contribution >= 4 is 29.1 Å². The Hall–Kier alpha value is -1.55. The topological polar surface area (TPSA) is 40.6 Å². The number of piperazine rings is 1. The number of amides is 2. The maximum atomic E-state index is 12.6. The molecule has 1 heterocycles. The second-order valence-electron chi connectivity index (χ2n) is 5.78. The second-order valence-corrected chi connectivity index (χ2v) is 6.22. The van der Waals surface area contributed by atoms with E-state index in [0.717, 1.165) is 11.3 Å². The molecule has 1 unspecified atom stereocenters. The third-order valence-electron chi connectivity index (χ3n) is 3.88. The Morgan fingerprint density at radius 1 is 1.33 bits per heavy atom. The van der Waals surface area contributed by atoms with E-state index < -0.39 is 6.04 Å². The molecular formula is C16H21ClN2O2. The average Bonchev–Trinajstić information content (AvgIpc) is 2.42. The fourth-order valence-electron chi connectivity index (χ4n) is 2.66. The number of nitrogens with zero attached hydrogens (tertiary/aromatic N) is 2. The van der Waals surface area contributed by atoms with Crippen molar-refractivity contribution < 1.29 is 9.59 Å². The molecule has 1 aromatic rings. The molecule has 0 saturated carbocycles. The summed E-state index contributed by atoms with van der Waals surface area (Å²) >= 11 is 5.96. The molecule has 0 aromatic heterocycles. The van der Waals surface area contributed by atoms with E-state index in [-0.39, 0.29) is 17.7 Å². The van der Waals surface area contributed by atoms with Crippen LogP contribution < -0.4 is 4.90 Å². The largest absolute Gasteiger partial charge is 0.329 e. The van der Waals surface area contributed by atoms with Crippen molar-refractivity contribution in [3.8, 4) is 0 Å². The zero-order valence-corrected chi connectivity index (χ0v) is 13.6. The van der Waals surface area contributed by atoms with Gasteiger partial charge in [0, 0.05) is 29.7 Å². The van der Waals surface area contributed by atoms with E-state index in [1.807, 2.05) is 32.9 Å². The number of halogens is 1. The van der Waals surface area contributed by atoms with E-state index in [1.165, 1.54) is 0 Å². The van der Waals surface area contributed by atoms with Crippen molar-refractivity contribution in [2.45, 2.75) is 33.7 Å². The Bertz CT molecular complexity index is 571. The zero-order valence-electron chi connectivity index (χ0n) is 12.9. The Balaban J connectivity index is 2.23. The molecule has 0 bridgehead atoms. The highest BCUT2D eigenvalue weighted by Gasteiger charge is 2.35. The normalized spacial score (nSPS) is 19.3. The van der Waals surface area contributed by atoms with Crippen LogP contribution in [0.5, 0.6) is 0 Å². The fourth-order valence-corrected chi connectivity index (χ4v) is 2.89. The molecule has 1 fully saturated rings. The van der Waals surface area contributed by atoms with Crippen LogP contribution in [0.15, 0.2) is 18.2 Å². The van der Waals surface area contributed by atoms with Gasteiger partial charge in [0.1, 0.15) is 6.04 Å². The zero-order chi connectivity index (χ0) is 15.7. The van der Waals surface area contributed by atoms with Gasteiger partial charge in [0.2, 0.25) is 11.8 Å². The first-order valence-corrected chi connectivity index (χ1v) is 7.58. The molecule has 5 heteroatoms. The Morgan fingerprint density at radius 2 is 2.00 bits per heavy atom. The molecule has 2 rings (SSSR count). The predicted molar refractivity (Wildman–Crippen MR) is 84.6 cm³/mol. The number of hydrogen-bond donors (Lipinski definition) is 0. The molecule has 1 atom stereocenters. The van der Waals surface area contributed by atoms with E-state index in [9.17, 15) is 9.59 Å². The van der Waals surface area contributed by atoms with Crippen LogP contribution in [-0.4, -0.2) is 35.8 Å². The lowest BCUT2D eigenvalue weighted by atomic mass is 10.1. The molecule has 0 radical (unpaired) electrons. The van der Waals surface area contributed by atoms with E-state index in [0.29, 0.717) is 18.1 Å². The van der Waals surface area contributed by atoms with E-state index >= 15 is 0 Å². The Kier molecular flexibility index (Phi) is 4.57. The second kappa shape index (κ2) is 6.06. The lowest BCUT2D eigenvalue weighted by Crippen LogP contribution is -2.58. The number of rotatable bonds is 2. The van der Waals surface area contributed by atoms with Crippen molar-refractivity contribution in [3.05, 3.63) is 28.8 Å². The van der Waals surface area contributed by atoms with Crippen molar-refractivity contribution in [3.63, 3.8) is 0 Å². The van der Waals surface area contributed by atoms with Gasteiger partial charge in [-0.1, -0.05) is 25.4 Å². The summed E-state index contributed by atoms with van der Waals surface area (Å²) in [5.74, 6) is -0.104. The molecule has 0 N–H and O–H groups in total. The van der Waals surface area contributed by atoms with Gasteiger partial charge in [-0.15, -0.1) is 0 Å². The van der Waals surface area contributed by atoms with Crippen LogP contribution in [-0.2, 0) is 9.59 Å². The minimum absolute atomic E-state index is 0.0309. The third kappa shape index (κ3) is 3.05. The van der Waals surface area contributed by atoms with Gasteiger partial charge >= 0.3 is 0 Å². The Labute approximate surface area is 130 Å². The van der Waals surface area contributed by atoms with Crippen LogP contribution >= 0.6 is 11.6 Å². The minimum atomic E-state index is -0.427.